The molecule has 0 aliphatic carbocycles. The predicted molar refractivity (Wildman–Crippen MR) is 209 cm³/mol. The van der Waals surface area contributed by atoms with Crippen molar-refractivity contribution in [1.82, 2.24) is 10.2 Å². The highest BCUT2D eigenvalue weighted by molar-refractivity contribution is 6.08. The quantitative estimate of drug-likeness (QED) is 0.211. The van der Waals surface area contributed by atoms with Gasteiger partial charge in [0.25, 0.3) is 11.8 Å². The smallest absolute Gasteiger partial charge is 0.264 e. The summed E-state index contributed by atoms with van der Waals surface area (Å²) in [5.41, 5.74) is 3.52. The molecule has 3 atom stereocenters. The summed E-state index contributed by atoms with van der Waals surface area (Å²) in [5.74, 6) is -1.11. The van der Waals surface area contributed by atoms with E-state index in [9.17, 15) is 24.6 Å². The Morgan fingerprint density at radius 3 is 2.37 bits per heavy atom. The van der Waals surface area contributed by atoms with Crippen LogP contribution >= 0.6 is 0 Å². The number of nitrogens with one attached hydrogen (secondary N) is 1. The van der Waals surface area contributed by atoms with Crippen LogP contribution in [0.5, 0.6) is 0 Å². The molecule has 278 valence electrons. The van der Waals surface area contributed by atoms with Crippen LogP contribution in [0.4, 0.5) is 17.1 Å². The summed E-state index contributed by atoms with van der Waals surface area (Å²) in [6.45, 7) is 4.28. The molecular weight excluding hydrogens is 679 g/mol. The maximum Gasteiger partial charge on any atom is 0.264 e. The van der Waals surface area contributed by atoms with E-state index < -0.39 is 23.0 Å². The summed E-state index contributed by atoms with van der Waals surface area (Å²) in [5, 5.41) is 25.7. The minimum Gasteiger partial charge on any atom is -0.394 e. The molecule has 4 aliphatic heterocycles. The molecule has 0 bridgehead atoms. The average Bonchev–Trinajstić information content (AvgIpc) is 3.61. The van der Waals surface area contributed by atoms with Crippen molar-refractivity contribution in [3.8, 4) is 0 Å². The van der Waals surface area contributed by atoms with E-state index in [1.807, 2.05) is 89.8 Å². The van der Waals surface area contributed by atoms with Gasteiger partial charge in [0.2, 0.25) is 5.91 Å². The molecule has 4 aromatic rings. The Bertz CT molecular complexity index is 2080. The van der Waals surface area contributed by atoms with E-state index >= 15 is 0 Å². The summed E-state index contributed by atoms with van der Waals surface area (Å²) in [4.78, 5) is 49.5. The second kappa shape index (κ2) is 14.5. The van der Waals surface area contributed by atoms with Crippen LogP contribution in [0.15, 0.2) is 115 Å². The van der Waals surface area contributed by atoms with Crippen molar-refractivity contribution in [2.45, 2.75) is 62.9 Å². The lowest BCUT2D eigenvalue weighted by molar-refractivity contribution is -0.139. The summed E-state index contributed by atoms with van der Waals surface area (Å²) >= 11 is 0. The van der Waals surface area contributed by atoms with E-state index in [2.05, 4.69) is 22.3 Å². The van der Waals surface area contributed by atoms with E-state index in [1.54, 1.807) is 34.9 Å². The van der Waals surface area contributed by atoms with Gasteiger partial charge in [-0.25, -0.2) is 0 Å². The third kappa shape index (κ3) is 6.08. The zero-order valence-corrected chi connectivity index (χ0v) is 30.6. The zero-order valence-electron chi connectivity index (χ0n) is 30.6. The van der Waals surface area contributed by atoms with Crippen LogP contribution in [0.3, 0.4) is 0 Å². The number of aliphatic hydroxyl groups is 2. The fourth-order valence-electron chi connectivity index (χ4n) is 8.90. The third-order valence-electron chi connectivity index (χ3n) is 11.9. The van der Waals surface area contributed by atoms with Gasteiger partial charge in [0, 0.05) is 35.8 Å². The van der Waals surface area contributed by atoms with Crippen LogP contribution in [0.25, 0.3) is 0 Å². The van der Waals surface area contributed by atoms with Crippen LogP contribution in [-0.2, 0) is 39.5 Å². The fourth-order valence-corrected chi connectivity index (χ4v) is 8.90. The van der Waals surface area contributed by atoms with Crippen LogP contribution < -0.4 is 20.0 Å². The molecule has 4 aliphatic rings. The largest absolute Gasteiger partial charge is 0.394 e. The summed E-state index contributed by atoms with van der Waals surface area (Å²) in [7, 11) is 0. The predicted octanol–water partition coefficient (Wildman–Crippen LogP) is 4.88. The van der Waals surface area contributed by atoms with Crippen molar-refractivity contribution in [2.24, 2.45) is 5.92 Å². The van der Waals surface area contributed by atoms with Gasteiger partial charge in [0.15, 0.2) is 5.60 Å². The van der Waals surface area contributed by atoms with Gasteiger partial charge in [-0.2, -0.15) is 0 Å². The van der Waals surface area contributed by atoms with E-state index in [1.165, 1.54) is 0 Å². The van der Waals surface area contributed by atoms with Gasteiger partial charge in [-0.15, -0.1) is 0 Å². The molecule has 2 fully saturated rings. The van der Waals surface area contributed by atoms with Gasteiger partial charge < -0.3 is 30.2 Å². The number of rotatable bonds is 9. The van der Waals surface area contributed by atoms with Gasteiger partial charge in [-0.1, -0.05) is 91.9 Å². The number of hydrogen-bond donors (Lipinski definition) is 3. The normalized spacial score (nSPS) is 22.6. The van der Waals surface area contributed by atoms with E-state index in [0.717, 1.165) is 41.2 Å². The number of fused-ring (bicyclic) bond motifs is 2. The van der Waals surface area contributed by atoms with E-state index in [4.69, 9.17) is 0 Å². The molecule has 0 saturated carbocycles. The lowest BCUT2D eigenvalue weighted by Crippen LogP contribution is -2.55. The second-order valence-corrected chi connectivity index (χ2v) is 15.0. The molecule has 0 aromatic heterocycles. The third-order valence-corrected chi connectivity index (χ3v) is 11.9. The molecular formula is C44H47N5O5. The molecule has 3 N–H and O–H groups in total. The Balaban J connectivity index is 0.999. The minimum atomic E-state index is -1.84. The number of amides is 3. The average molecular weight is 726 g/mol. The monoisotopic (exact) mass is 725 g/mol. The van der Waals surface area contributed by atoms with Crippen LogP contribution in [0.2, 0.25) is 0 Å². The molecule has 54 heavy (non-hydrogen) atoms. The van der Waals surface area contributed by atoms with Crippen LogP contribution in [-0.4, -0.2) is 70.8 Å². The highest BCUT2D eigenvalue weighted by atomic mass is 16.3. The highest BCUT2D eigenvalue weighted by Crippen LogP contribution is 2.46. The number of aliphatic hydroxyl groups excluding tert-OH is 1. The first-order valence-electron chi connectivity index (χ1n) is 19.0. The minimum absolute atomic E-state index is 0.0815. The van der Waals surface area contributed by atoms with Crippen molar-refractivity contribution in [1.29, 1.82) is 0 Å². The SMILES string of the molecule is C[C@@H](/C=C/CC(=O)N1Cc2ccccc2C[C@H]1CO)[C@]1(O)C(=O)N(Cc2cccc(N3CN(c4ccccc4)C4(CCNCC4)C3=O)c2)c2ccccc21. The Kier molecular flexibility index (Phi) is 9.60. The standard InChI is InChI=1S/C44H47N5O5/c1-31(11-9-20-40(51)46-28-34-14-6-5-13-33(34)26-37(46)29-50)44(54)38-18-7-8-19-39(38)47(42(44)53)27-32-12-10-17-36(25-32)48-30-49(35-15-3-2-4-16-35)43(41(48)52)21-23-45-24-22-43/h2-19,25,31,37,45,50,54H,20-24,26-30H2,1H3/b11-9+/t31-,37-,44+/m0/s1. The van der Waals surface area contributed by atoms with Gasteiger partial charge in [0.05, 0.1) is 31.5 Å². The molecule has 3 amide bonds. The van der Waals surface area contributed by atoms with Crippen molar-refractivity contribution >= 4 is 34.8 Å². The number of para-hydroxylation sites is 2. The molecule has 8 rings (SSSR count). The molecule has 0 radical (unpaired) electrons. The number of piperidine rings is 1. The molecule has 4 heterocycles. The lowest BCUT2D eigenvalue weighted by atomic mass is 9.83. The summed E-state index contributed by atoms with van der Waals surface area (Å²) in [6.07, 6.45) is 5.58. The van der Waals surface area contributed by atoms with E-state index in [0.29, 0.717) is 43.7 Å². The number of hydrogen-bond acceptors (Lipinski definition) is 7. The number of nitrogens with zero attached hydrogens (tertiary/aromatic N) is 4. The molecule has 4 aromatic carbocycles. The Morgan fingerprint density at radius 1 is 0.889 bits per heavy atom. The van der Waals surface area contributed by atoms with Gasteiger partial charge in [-0.3, -0.25) is 19.3 Å². The van der Waals surface area contributed by atoms with Crippen LogP contribution in [0, 0.1) is 5.92 Å². The molecule has 1 spiro atoms. The molecule has 2 saturated heterocycles. The number of benzene rings is 4. The number of carbonyl (C=O) groups is 3. The van der Waals surface area contributed by atoms with E-state index in [-0.39, 0.29) is 37.4 Å². The Morgan fingerprint density at radius 2 is 1.59 bits per heavy atom. The first-order valence-corrected chi connectivity index (χ1v) is 19.0. The Labute approximate surface area is 316 Å². The van der Waals surface area contributed by atoms with Crippen molar-refractivity contribution < 1.29 is 24.6 Å². The number of anilines is 3. The molecule has 10 heteroatoms. The molecule has 10 nitrogen and oxygen atoms in total. The zero-order chi connectivity index (χ0) is 37.5. The summed E-state index contributed by atoms with van der Waals surface area (Å²) in [6, 6.07) is 32.9. The summed E-state index contributed by atoms with van der Waals surface area (Å²) < 4.78 is 0. The van der Waals surface area contributed by atoms with Gasteiger partial charge in [-0.05, 0) is 79.4 Å². The lowest BCUT2D eigenvalue weighted by Gasteiger charge is -2.39. The second-order valence-electron chi connectivity index (χ2n) is 15.0. The number of carbonyl (C=O) groups excluding carboxylic acids is 3. The fraction of sp³-hybridized carbons (Fsp3) is 0.341. The first kappa shape index (κ1) is 35.7. The maximum absolute atomic E-state index is 14.3. The van der Waals surface area contributed by atoms with Gasteiger partial charge in [0.1, 0.15) is 5.54 Å². The highest BCUT2D eigenvalue weighted by Gasteiger charge is 2.54. The first-order chi connectivity index (χ1) is 26.2. The van der Waals surface area contributed by atoms with Crippen LogP contribution in [0.1, 0.15) is 48.4 Å². The Hall–Kier alpha value is -5.29. The molecule has 0 unspecified atom stereocenters. The maximum atomic E-state index is 14.3. The van der Waals surface area contributed by atoms with Crippen molar-refractivity contribution in [3.63, 3.8) is 0 Å². The topological polar surface area (TPSA) is 117 Å². The van der Waals surface area contributed by atoms with Crippen molar-refractivity contribution in [3.05, 3.63) is 138 Å². The van der Waals surface area contributed by atoms with Gasteiger partial charge >= 0.3 is 0 Å². The van der Waals surface area contributed by atoms with Crippen molar-refractivity contribution in [2.75, 3.05) is 41.1 Å².